The SMILES string of the molecule is Cc1ccc(C(=O)c2c(Br)cnn2C)cc1Cl. The van der Waals surface area contributed by atoms with Gasteiger partial charge in [-0.05, 0) is 34.5 Å². The molecule has 3 nitrogen and oxygen atoms in total. The Balaban J connectivity index is 2.48. The lowest BCUT2D eigenvalue weighted by atomic mass is 10.1. The van der Waals surface area contributed by atoms with Crippen molar-refractivity contribution in [3.63, 3.8) is 0 Å². The molecule has 17 heavy (non-hydrogen) atoms. The minimum absolute atomic E-state index is 0.0984. The zero-order valence-corrected chi connectivity index (χ0v) is 11.7. The first-order valence-corrected chi connectivity index (χ1v) is 6.16. The van der Waals surface area contributed by atoms with E-state index < -0.39 is 0 Å². The van der Waals surface area contributed by atoms with Crippen LogP contribution in [0.15, 0.2) is 28.9 Å². The van der Waals surface area contributed by atoms with Gasteiger partial charge in [-0.15, -0.1) is 0 Å². The van der Waals surface area contributed by atoms with Gasteiger partial charge in [0, 0.05) is 17.6 Å². The van der Waals surface area contributed by atoms with Crippen molar-refractivity contribution in [3.05, 3.63) is 50.7 Å². The summed E-state index contributed by atoms with van der Waals surface area (Å²) in [5.41, 5.74) is 2.03. The average Bonchev–Trinajstić information content (AvgIpc) is 2.62. The van der Waals surface area contributed by atoms with Gasteiger partial charge in [0.25, 0.3) is 0 Å². The highest BCUT2D eigenvalue weighted by Gasteiger charge is 2.17. The maximum atomic E-state index is 12.3. The number of carbonyl (C=O) groups excluding carboxylic acids is 1. The zero-order chi connectivity index (χ0) is 12.6. The van der Waals surface area contributed by atoms with Crippen LogP contribution >= 0.6 is 27.5 Å². The second kappa shape index (κ2) is 4.63. The summed E-state index contributed by atoms with van der Waals surface area (Å²) in [4.78, 5) is 12.3. The van der Waals surface area contributed by atoms with E-state index in [4.69, 9.17) is 11.6 Å². The highest BCUT2D eigenvalue weighted by Crippen LogP contribution is 2.22. The van der Waals surface area contributed by atoms with Crippen LogP contribution in [0.5, 0.6) is 0 Å². The van der Waals surface area contributed by atoms with Crippen molar-refractivity contribution in [2.75, 3.05) is 0 Å². The van der Waals surface area contributed by atoms with E-state index in [1.807, 2.05) is 13.0 Å². The van der Waals surface area contributed by atoms with E-state index in [0.29, 0.717) is 20.8 Å². The van der Waals surface area contributed by atoms with Crippen molar-refractivity contribution in [2.45, 2.75) is 6.92 Å². The van der Waals surface area contributed by atoms with Crippen LogP contribution in [-0.4, -0.2) is 15.6 Å². The molecule has 0 amide bonds. The predicted molar refractivity (Wildman–Crippen MR) is 70.5 cm³/mol. The molecular weight excluding hydrogens is 304 g/mol. The third-order valence-electron chi connectivity index (χ3n) is 2.54. The fourth-order valence-corrected chi connectivity index (χ4v) is 2.25. The first kappa shape index (κ1) is 12.3. The largest absolute Gasteiger partial charge is 0.287 e. The summed E-state index contributed by atoms with van der Waals surface area (Å²) in [7, 11) is 1.73. The van der Waals surface area contributed by atoms with E-state index in [0.717, 1.165) is 5.56 Å². The number of hydrogen-bond acceptors (Lipinski definition) is 2. The number of benzene rings is 1. The number of halogens is 2. The van der Waals surface area contributed by atoms with Crippen molar-refractivity contribution in [1.82, 2.24) is 9.78 Å². The van der Waals surface area contributed by atoms with E-state index in [1.54, 1.807) is 30.1 Å². The summed E-state index contributed by atoms with van der Waals surface area (Å²) < 4.78 is 2.22. The molecule has 0 spiro atoms. The number of carbonyl (C=O) groups is 1. The van der Waals surface area contributed by atoms with Crippen LogP contribution in [0, 0.1) is 6.92 Å². The Morgan fingerprint density at radius 1 is 1.47 bits per heavy atom. The van der Waals surface area contributed by atoms with Crippen LogP contribution in [0.25, 0.3) is 0 Å². The number of aromatic nitrogens is 2. The Bertz CT molecular complexity index is 573. The molecule has 0 N–H and O–H groups in total. The van der Waals surface area contributed by atoms with E-state index >= 15 is 0 Å². The molecule has 0 bridgehead atoms. The molecule has 5 heteroatoms. The van der Waals surface area contributed by atoms with Crippen molar-refractivity contribution in [1.29, 1.82) is 0 Å². The normalized spacial score (nSPS) is 10.6. The van der Waals surface area contributed by atoms with Crippen molar-refractivity contribution in [2.24, 2.45) is 7.05 Å². The van der Waals surface area contributed by atoms with E-state index in [1.165, 1.54) is 0 Å². The lowest BCUT2D eigenvalue weighted by Gasteiger charge is -2.04. The highest BCUT2D eigenvalue weighted by atomic mass is 79.9. The highest BCUT2D eigenvalue weighted by molar-refractivity contribution is 9.10. The molecule has 0 aliphatic rings. The summed E-state index contributed by atoms with van der Waals surface area (Å²) in [5.74, 6) is -0.0984. The smallest absolute Gasteiger partial charge is 0.212 e. The molecule has 0 saturated heterocycles. The first-order valence-electron chi connectivity index (χ1n) is 4.99. The molecule has 2 aromatic rings. The van der Waals surface area contributed by atoms with Gasteiger partial charge in [0.1, 0.15) is 5.69 Å². The van der Waals surface area contributed by atoms with Gasteiger partial charge in [0.15, 0.2) is 0 Å². The first-order chi connectivity index (χ1) is 8.00. The summed E-state index contributed by atoms with van der Waals surface area (Å²) >= 11 is 9.32. The lowest BCUT2D eigenvalue weighted by molar-refractivity contribution is 0.102. The van der Waals surface area contributed by atoms with Crippen LogP contribution in [0.1, 0.15) is 21.6 Å². The molecule has 0 aliphatic heterocycles. The Morgan fingerprint density at radius 2 is 2.18 bits per heavy atom. The molecule has 1 heterocycles. The minimum atomic E-state index is -0.0984. The van der Waals surface area contributed by atoms with Gasteiger partial charge < -0.3 is 0 Å². The number of rotatable bonds is 2. The maximum Gasteiger partial charge on any atom is 0.212 e. The Morgan fingerprint density at radius 3 is 2.71 bits per heavy atom. The molecule has 1 aromatic heterocycles. The van der Waals surface area contributed by atoms with Crippen LogP contribution < -0.4 is 0 Å². The second-order valence-corrected chi connectivity index (χ2v) is 5.02. The average molecular weight is 314 g/mol. The molecule has 0 aliphatic carbocycles. The van der Waals surface area contributed by atoms with Crippen LogP contribution in [0.3, 0.4) is 0 Å². The number of nitrogens with zero attached hydrogens (tertiary/aromatic N) is 2. The van der Waals surface area contributed by atoms with Crippen LogP contribution in [-0.2, 0) is 7.05 Å². The van der Waals surface area contributed by atoms with Gasteiger partial charge in [0.2, 0.25) is 5.78 Å². The van der Waals surface area contributed by atoms with Crippen molar-refractivity contribution < 1.29 is 4.79 Å². The van der Waals surface area contributed by atoms with Gasteiger partial charge in [-0.2, -0.15) is 5.10 Å². The number of aryl methyl sites for hydroxylation is 2. The Kier molecular flexibility index (Phi) is 3.35. The standard InChI is InChI=1S/C12H10BrClN2O/c1-7-3-4-8(5-10(7)14)12(17)11-9(13)6-15-16(11)2/h3-6H,1-2H3. The quantitative estimate of drug-likeness (QED) is 0.797. The molecule has 1 aromatic carbocycles. The molecule has 0 fully saturated rings. The zero-order valence-electron chi connectivity index (χ0n) is 9.37. The molecule has 0 radical (unpaired) electrons. The predicted octanol–water partition coefficient (Wildman–Crippen LogP) is 3.38. The molecule has 88 valence electrons. The second-order valence-electron chi connectivity index (χ2n) is 3.76. The van der Waals surface area contributed by atoms with E-state index in [-0.39, 0.29) is 5.78 Å². The molecule has 0 unspecified atom stereocenters. The lowest BCUT2D eigenvalue weighted by Crippen LogP contribution is -2.09. The Hall–Kier alpha value is -1.13. The molecule has 0 atom stereocenters. The molecule has 0 saturated carbocycles. The minimum Gasteiger partial charge on any atom is -0.287 e. The third kappa shape index (κ3) is 2.28. The van der Waals surface area contributed by atoms with Crippen LogP contribution in [0.4, 0.5) is 0 Å². The summed E-state index contributed by atoms with van der Waals surface area (Å²) in [6, 6.07) is 5.28. The fourth-order valence-electron chi connectivity index (χ4n) is 1.54. The summed E-state index contributed by atoms with van der Waals surface area (Å²) in [6.07, 6.45) is 1.60. The molecular formula is C12H10BrClN2O. The van der Waals surface area contributed by atoms with Crippen LogP contribution in [0.2, 0.25) is 5.02 Å². The van der Waals surface area contributed by atoms with Gasteiger partial charge >= 0.3 is 0 Å². The van der Waals surface area contributed by atoms with Gasteiger partial charge in [-0.1, -0.05) is 23.7 Å². The van der Waals surface area contributed by atoms with Gasteiger partial charge in [-0.25, -0.2) is 0 Å². The van der Waals surface area contributed by atoms with Crippen molar-refractivity contribution >= 4 is 33.3 Å². The van der Waals surface area contributed by atoms with Crippen molar-refractivity contribution in [3.8, 4) is 0 Å². The summed E-state index contributed by atoms with van der Waals surface area (Å²) in [5, 5.41) is 4.61. The van der Waals surface area contributed by atoms with Gasteiger partial charge in [-0.3, -0.25) is 9.48 Å². The topological polar surface area (TPSA) is 34.9 Å². The Labute approximate surface area is 113 Å². The fraction of sp³-hybridized carbons (Fsp3) is 0.167. The number of ketones is 1. The monoisotopic (exact) mass is 312 g/mol. The van der Waals surface area contributed by atoms with E-state index in [2.05, 4.69) is 21.0 Å². The number of hydrogen-bond donors (Lipinski definition) is 0. The van der Waals surface area contributed by atoms with E-state index in [9.17, 15) is 4.79 Å². The summed E-state index contributed by atoms with van der Waals surface area (Å²) in [6.45, 7) is 1.90. The molecule has 2 rings (SSSR count). The maximum absolute atomic E-state index is 12.3. The van der Waals surface area contributed by atoms with Gasteiger partial charge in [0.05, 0.1) is 10.7 Å². The third-order valence-corrected chi connectivity index (χ3v) is 3.53.